The summed E-state index contributed by atoms with van der Waals surface area (Å²) in [5, 5.41) is 0. The number of nitrogens with two attached hydrogens (primary N) is 1. The van der Waals surface area contributed by atoms with E-state index in [1.807, 2.05) is 6.92 Å². The van der Waals surface area contributed by atoms with Gasteiger partial charge in [-0.1, -0.05) is 13.3 Å². The number of amidine groups is 1. The fourth-order valence-corrected chi connectivity index (χ4v) is 1.78. The quantitative estimate of drug-likeness (QED) is 0.513. The van der Waals surface area contributed by atoms with E-state index in [0.717, 1.165) is 32.5 Å². The Morgan fingerprint density at radius 1 is 1.67 bits per heavy atom. The van der Waals surface area contributed by atoms with Crippen LogP contribution >= 0.6 is 0 Å². The molecule has 1 unspecified atom stereocenters. The van der Waals surface area contributed by atoms with E-state index < -0.39 is 0 Å². The van der Waals surface area contributed by atoms with Crippen LogP contribution in [0.2, 0.25) is 0 Å². The molecule has 3 nitrogen and oxygen atoms in total. The van der Waals surface area contributed by atoms with Crippen LogP contribution in [0, 0.1) is 0 Å². The summed E-state index contributed by atoms with van der Waals surface area (Å²) in [7, 11) is 0. The van der Waals surface area contributed by atoms with Crippen molar-refractivity contribution in [3.63, 3.8) is 0 Å². The summed E-state index contributed by atoms with van der Waals surface area (Å²) in [4.78, 5) is 4.47. The Labute approximate surface area is 74.0 Å². The highest BCUT2D eigenvalue weighted by Gasteiger charge is 2.33. The average Bonchev–Trinajstić information content (AvgIpc) is 2.36. The van der Waals surface area contributed by atoms with Crippen LogP contribution in [0.25, 0.3) is 0 Å². The number of rotatable bonds is 3. The molecule has 1 fully saturated rings. The Kier molecular flexibility index (Phi) is 3.09. The number of aliphatic imine (C=N–C) groups is 1. The zero-order valence-electron chi connectivity index (χ0n) is 7.97. The minimum Gasteiger partial charge on any atom is -0.388 e. The first-order valence-electron chi connectivity index (χ1n) is 4.58. The highest BCUT2D eigenvalue weighted by molar-refractivity contribution is 5.77. The summed E-state index contributed by atoms with van der Waals surface area (Å²) >= 11 is 0. The molecular weight excluding hydrogens is 152 g/mol. The van der Waals surface area contributed by atoms with E-state index in [-0.39, 0.29) is 5.54 Å². The van der Waals surface area contributed by atoms with Crippen molar-refractivity contribution in [1.29, 1.82) is 0 Å². The van der Waals surface area contributed by atoms with Gasteiger partial charge in [-0.25, -0.2) is 0 Å². The lowest BCUT2D eigenvalue weighted by Crippen LogP contribution is -2.29. The molecule has 1 saturated heterocycles. The van der Waals surface area contributed by atoms with Gasteiger partial charge in [0.25, 0.3) is 0 Å². The van der Waals surface area contributed by atoms with E-state index in [2.05, 4.69) is 11.9 Å². The van der Waals surface area contributed by atoms with Gasteiger partial charge in [0.2, 0.25) is 0 Å². The second-order valence-electron chi connectivity index (χ2n) is 3.53. The van der Waals surface area contributed by atoms with Crippen LogP contribution in [0.4, 0.5) is 0 Å². The zero-order valence-corrected chi connectivity index (χ0v) is 7.97. The Morgan fingerprint density at radius 3 is 2.83 bits per heavy atom. The minimum atomic E-state index is 0.00752. The highest BCUT2D eigenvalue weighted by atomic mass is 16.5. The molecule has 3 heteroatoms. The van der Waals surface area contributed by atoms with Crippen LogP contribution in [0.1, 0.15) is 33.1 Å². The third-order valence-electron chi connectivity index (χ3n) is 2.21. The van der Waals surface area contributed by atoms with Crippen LogP contribution in [-0.4, -0.2) is 24.6 Å². The maximum absolute atomic E-state index is 5.58. The average molecular weight is 170 g/mol. The molecule has 1 heterocycles. The summed E-state index contributed by atoms with van der Waals surface area (Å²) < 4.78 is 5.35. The largest absolute Gasteiger partial charge is 0.388 e. The van der Waals surface area contributed by atoms with Gasteiger partial charge in [0.1, 0.15) is 0 Å². The molecule has 1 rings (SSSR count). The molecular formula is C9H18N2O. The second kappa shape index (κ2) is 3.90. The van der Waals surface area contributed by atoms with E-state index >= 15 is 0 Å². The molecule has 0 spiro atoms. The topological polar surface area (TPSA) is 47.6 Å². The molecule has 1 atom stereocenters. The van der Waals surface area contributed by atoms with Crippen molar-refractivity contribution in [1.82, 2.24) is 0 Å². The lowest BCUT2D eigenvalue weighted by atomic mass is 9.94. The van der Waals surface area contributed by atoms with E-state index in [1.165, 1.54) is 0 Å². The molecule has 0 bridgehead atoms. The van der Waals surface area contributed by atoms with Crippen molar-refractivity contribution in [3.05, 3.63) is 0 Å². The SMILES string of the molecule is CCCC1(N=C(C)N)CCOC1. The van der Waals surface area contributed by atoms with Crippen molar-refractivity contribution >= 4 is 5.84 Å². The fourth-order valence-electron chi connectivity index (χ4n) is 1.78. The van der Waals surface area contributed by atoms with E-state index in [0.29, 0.717) is 5.84 Å². The Bertz CT molecular complexity index is 167. The third-order valence-corrected chi connectivity index (χ3v) is 2.21. The Balaban J connectivity index is 2.65. The molecule has 12 heavy (non-hydrogen) atoms. The standard InChI is InChI=1S/C9H18N2O/c1-3-4-9(11-8(2)10)5-6-12-7-9/h3-7H2,1-2H3,(H2,10,11). The van der Waals surface area contributed by atoms with Crippen LogP contribution in [-0.2, 0) is 4.74 Å². The molecule has 2 N–H and O–H groups in total. The first-order chi connectivity index (χ1) is 5.68. The molecule has 0 aliphatic carbocycles. The normalized spacial score (nSPS) is 31.0. The number of nitrogens with zero attached hydrogens (tertiary/aromatic N) is 1. The fraction of sp³-hybridized carbons (Fsp3) is 0.889. The van der Waals surface area contributed by atoms with Gasteiger partial charge in [-0.15, -0.1) is 0 Å². The zero-order chi connectivity index (χ0) is 9.03. The summed E-state index contributed by atoms with van der Waals surface area (Å²) in [6, 6.07) is 0. The molecule has 0 aromatic heterocycles. The van der Waals surface area contributed by atoms with Crippen LogP contribution in [0.5, 0.6) is 0 Å². The van der Waals surface area contributed by atoms with Gasteiger partial charge in [-0.2, -0.15) is 0 Å². The molecule has 0 aromatic carbocycles. The van der Waals surface area contributed by atoms with Gasteiger partial charge >= 0.3 is 0 Å². The first-order valence-corrected chi connectivity index (χ1v) is 4.58. The van der Waals surface area contributed by atoms with Gasteiger partial charge in [-0.05, 0) is 19.8 Å². The smallest absolute Gasteiger partial charge is 0.0913 e. The summed E-state index contributed by atoms with van der Waals surface area (Å²) in [6.45, 7) is 5.59. The number of ether oxygens (including phenoxy) is 1. The van der Waals surface area contributed by atoms with Crippen LogP contribution in [0.15, 0.2) is 4.99 Å². The van der Waals surface area contributed by atoms with E-state index in [4.69, 9.17) is 10.5 Å². The maximum atomic E-state index is 5.58. The van der Waals surface area contributed by atoms with E-state index in [9.17, 15) is 0 Å². The summed E-state index contributed by atoms with van der Waals surface area (Å²) in [5.74, 6) is 0.675. The molecule has 0 amide bonds. The summed E-state index contributed by atoms with van der Waals surface area (Å²) in [6.07, 6.45) is 3.25. The van der Waals surface area contributed by atoms with Gasteiger partial charge in [0, 0.05) is 6.61 Å². The molecule has 0 aromatic rings. The van der Waals surface area contributed by atoms with Gasteiger partial charge < -0.3 is 10.5 Å². The first kappa shape index (κ1) is 9.52. The summed E-state index contributed by atoms with van der Waals surface area (Å²) in [5.41, 5.74) is 5.59. The van der Waals surface area contributed by atoms with E-state index in [1.54, 1.807) is 0 Å². The van der Waals surface area contributed by atoms with Crippen molar-refractivity contribution < 1.29 is 4.74 Å². The number of hydrogen-bond acceptors (Lipinski definition) is 2. The van der Waals surface area contributed by atoms with Crippen LogP contribution < -0.4 is 5.73 Å². The van der Waals surface area contributed by atoms with Crippen molar-refractivity contribution in [2.45, 2.75) is 38.6 Å². The molecule has 1 aliphatic rings. The molecule has 70 valence electrons. The second-order valence-corrected chi connectivity index (χ2v) is 3.53. The van der Waals surface area contributed by atoms with Crippen molar-refractivity contribution in [3.8, 4) is 0 Å². The van der Waals surface area contributed by atoms with Gasteiger partial charge in [0.15, 0.2) is 0 Å². The Hall–Kier alpha value is -0.570. The monoisotopic (exact) mass is 170 g/mol. The predicted octanol–water partition coefficient (Wildman–Crippen LogP) is 1.32. The number of hydrogen-bond donors (Lipinski definition) is 1. The highest BCUT2D eigenvalue weighted by Crippen LogP contribution is 2.28. The van der Waals surface area contributed by atoms with Crippen molar-refractivity contribution in [2.24, 2.45) is 10.7 Å². The Morgan fingerprint density at radius 2 is 2.42 bits per heavy atom. The lowest BCUT2D eigenvalue weighted by Gasteiger charge is -2.21. The molecule has 1 aliphatic heterocycles. The maximum Gasteiger partial charge on any atom is 0.0913 e. The minimum absolute atomic E-state index is 0.00752. The predicted molar refractivity (Wildman–Crippen MR) is 50.4 cm³/mol. The van der Waals surface area contributed by atoms with Crippen LogP contribution in [0.3, 0.4) is 0 Å². The van der Waals surface area contributed by atoms with Gasteiger partial charge in [-0.3, -0.25) is 4.99 Å². The van der Waals surface area contributed by atoms with Gasteiger partial charge in [0.05, 0.1) is 18.0 Å². The molecule has 0 saturated carbocycles. The molecule has 0 radical (unpaired) electrons. The third kappa shape index (κ3) is 2.21. The lowest BCUT2D eigenvalue weighted by molar-refractivity contribution is 0.176. The van der Waals surface area contributed by atoms with Crippen molar-refractivity contribution in [2.75, 3.05) is 13.2 Å².